The Morgan fingerprint density at radius 1 is 1.09 bits per heavy atom. The van der Waals surface area contributed by atoms with E-state index in [0.29, 0.717) is 18.7 Å². The molecule has 1 aromatic rings. The van der Waals surface area contributed by atoms with Crippen LogP contribution < -0.4 is 0 Å². The van der Waals surface area contributed by atoms with E-state index in [2.05, 4.69) is 23.8 Å². The van der Waals surface area contributed by atoms with Crippen LogP contribution in [0.3, 0.4) is 0 Å². The largest absolute Gasteiger partial charge is 0.461 e. The van der Waals surface area contributed by atoms with Gasteiger partial charge in [0.25, 0.3) is 0 Å². The van der Waals surface area contributed by atoms with Gasteiger partial charge in [-0.3, -0.25) is 9.59 Å². The summed E-state index contributed by atoms with van der Waals surface area (Å²) in [6, 6.07) is 0. The van der Waals surface area contributed by atoms with Crippen molar-refractivity contribution in [1.82, 2.24) is 9.97 Å². The van der Waals surface area contributed by atoms with E-state index in [9.17, 15) is 9.59 Å². The van der Waals surface area contributed by atoms with Gasteiger partial charge in [-0.2, -0.15) is 0 Å². The van der Waals surface area contributed by atoms with E-state index in [4.69, 9.17) is 9.47 Å². The van der Waals surface area contributed by atoms with E-state index >= 15 is 0 Å². The minimum Gasteiger partial charge on any atom is -0.461 e. The third-order valence-electron chi connectivity index (χ3n) is 3.46. The molecule has 23 heavy (non-hydrogen) atoms. The molecule has 0 radical (unpaired) electrons. The maximum Gasteiger partial charge on any atom is 0.306 e. The molecule has 0 bridgehead atoms. The van der Waals surface area contributed by atoms with Gasteiger partial charge in [-0.1, -0.05) is 39.5 Å². The summed E-state index contributed by atoms with van der Waals surface area (Å²) in [5, 5.41) is 0. The Bertz CT molecular complexity index is 445. The molecule has 1 aromatic heterocycles. The molecule has 0 saturated carbocycles. The summed E-state index contributed by atoms with van der Waals surface area (Å²) in [5.74, 6) is -0.0610. The molecule has 1 rings (SSSR count). The van der Waals surface area contributed by atoms with Gasteiger partial charge in [-0.05, 0) is 12.8 Å². The lowest BCUT2D eigenvalue weighted by atomic mass is 10.2. The number of hydrogen-bond acceptors (Lipinski definition) is 5. The molecule has 1 atom stereocenters. The second-order valence-corrected chi connectivity index (χ2v) is 5.55. The van der Waals surface area contributed by atoms with Gasteiger partial charge >= 0.3 is 11.9 Å². The third kappa shape index (κ3) is 8.38. The van der Waals surface area contributed by atoms with Crippen molar-refractivity contribution < 1.29 is 19.1 Å². The van der Waals surface area contributed by atoms with Crippen molar-refractivity contribution in [2.24, 2.45) is 0 Å². The molecular formula is C17H28N2O4. The van der Waals surface area contributed by atoms with Crippen LogP contribution in [0, 0.1) is 0 Å². The van der Waals surface area contributed by atoms with Gasteiger partial charge in [0, 0.05) is 25.2 Å². The van der Waals surface area contributed by atoms with Crippen LogP contribution in [0.1, 0.15) is 77.1 Å². The van der Waals surface area contributed by atoms with E-state index < -0.39 is 6.10 Å². The fourth-order valence-electron chi connectivity index (χ4n) is 2.12. The zero-order chi connectivity index (χ0) is 16.9. The second-order valence-electron chi connectivity index (χ2n) is 5.55. The normalized spacial score (nSPS) is 11.9. The molecule has 1 heterocycles. The number of imidazole rings is 1. The Morgan fingerprint density at radius 2 is 1.74 bits per heavy atom. The number of H-pyrrole nitrogens is 1. The van der Waals surface area contributed by atoms with Crippen LogP contribution in [-0.2, 0) is 19.1 Å². The Kier molecular flexibility index (Phi) is 9.75. The van der Waals surface area contributed by atoms with Gasteiger partial charge in [0.05, 0.1) is 0 Å². The van der Waals surface area contributed by atoms with Crippen LogP contribution in [0.5, 0.6) is 0 Å². The number of aromatic amines is 1. The topological polar surface area (TPSA) is 81.3 Å². The van der Waals surface area contributed by atoms with E-state index in [1.807, 2.05) is 0 Å². The van der Waals surface area contributed by atoms with Crippen LogP contribution in [0.4, 0.5) is 0 Å². The summed E-state index contributed by atoms with van der Waals surface area (Å²) < 4.78 is 10.6. The third-order valence-corrected chi connectivity index (χ3v) is 3.46. The Labute approximate surface area is 138 Å². The van der Waals surface area contributed by atoms with E-state index in [1.54, 1.807) is 12.4 Å². The number of rotatable bonds is 12. The van der Waals surface area contributed by atoms with Crippen molar-refractivity contribution >= 4 is 11.9 Å². The lowest BCUT2D eigenvalue weighted by Gasteiger charge is -2.16. The first-order chi connectivity index (χ1) is 11.2. The summed E-state index contributed by atoms with van der Waals surface area (Å²) in [6.07, 6.45) is 9.03. The number of ether oxygens (including phenoxy) is 2. The highest BCUT2D eigenvalue weighted by Gasteiger charge is 2.21. The number of carbonyl (C=O) groups is 2. The molecule has 0 aromatic carbocycles. The minimum atomic E-state index is -0.672. The number of nitrogens with zero attached hydrogens (tertiary/aromatic N) is 1. The predicted octanol–water partition coefficient (Wildman–Crippen LogP) is 3.70. The average molecular weight is 324 g/mol. The Morgan fingerprint density at radius 3 is 2.30 bits per heavy atom. The highest BCUT2D eigenvalue weighted by atomic mass is 16.6. The van der Waals surface area contributed by atoms with Gasteiger partial charge in [0.1, 0.15) is 6.61 Å². The quantitative estimate of drug-likeness (QED) is 0.468. The maximum absolute atomic E-state index is 11.9. The highest BCUT2D eigenvalue weighted by molar-refractivity contribution is 5.70. The molecule has 0 aliphatic carbocycles. The fourth-order valence-corrected chi connectivity index (χ4v) is 2.12. The van der Waals surface area contributed by atoms with Crippen molar-refractivity contribution in [3.8, 4) is 0 Å². The summed E-state index contributed by atoms with van der Waals surface area (Å²) >= 11 is 0. The lowest BCUT2D eigenvalue weighted by molar-refractivity contribution is -0.160. The number of esters is 2. The zero-order valence-corrected chi connectivity index (χ0v) is 14.2. The molecule has 0 aliphatic heterocycles. The summed E-state index contributed by atoms with van der Waals surface area (Å²) in [5.41, 5.74) is 0. The standard InChI is InChI=1S/C17H28N2O4/c1-3-5-7-9-15(20)22-13-14(17-18-11-12-19-17)23-16(21)10-8-6-4-2/h11-12,14H,3-10,13H2,1-2H3,(H,18,19). The Balaban J connectivity index is 2.44. The first kappa shape index (κ1) is 19.2. The number of nitrogens with one attached hydrogen (secondary N) is 1. The van der Waals surface area contributed by atoms with Crippen molar-refractivity contribution in [2.75, 3.05) is 6.61 Å². The first-order valence-corrected chi connectivity index (χ1v) is 8.51. The van der Waals surface area contributed by atoms with Crippen LogP contribution in [-0.4, -0.2) is 28.5 Å². The van der Waals surface area contributed by atoms with E-state index in [-0.39, 0.29) is 18.5 Å². The smallest absolute Gasteiger partial charge is 0.306 e. The summed E-state index contributed by atoms with van der Waals surface area (Å²) in [6.45, 7) is 4.16. The number of hydrogen-bond donors (Lipinski definition) is 1. The van der Waals surface area contributed by atoms with Crippen LogP contribution in [0.15, 0.2) is 12.4 Å². The number of unbranched alkanes of at least 4 members (excludes halogenated alkanes) is 4. The maximum atomic E-state index is 11.9. The van der Waals surface area contributed by atoms with Crippen molar-refractivity contribution in [2.45, 2.75) is 71.3 Å². The molecule has 0 aliphatic rings. The minimum absolute atomic E-state index is 0.00199. The lowest BCUT2D eigenvalue weighted by Crippen LogP contribution is -2.20. The monoisotopic (exact) mass is 324 g/mol. The molecule has 0 amide bonds. The predicted molar refractivity (Wildman–Crippen MR) is 86.7 cm³/mol. The van der Waals surface area contributed by atoms with Crippen LogP contribution >= 0.6 is 0 Å². The van der Waals surface area contributed by atoms with E-state index in [0.717, 1.165) is 38.5 Å². The van der Waals surface area contributed by atoms with Gasteiger partial charge < -0.3 is 14.5 Å². The Hall–Kier alpha value is -1.85. The fraction of sp³-hybridized carbons (Fsp3) is 0.706. The second kappa shape index (κ2) is 11.7. The van der Waals surface area contributed by atoms with Gasteiger partial charge in [0.15, 0.2) is 11.9 Å². The van der Waals surface area contributed by atoms with Gasteiger partial charge in [0.2, 0.25) is 0 Å². The molecule has 0 fully saturated rings. The molecule has 1 N–H and O–H groups in total. The molecular weight excluding hydrogens is 296 g/mol. The zero-order valence-electron chi connectivity index (χ0n) is 14.2. The molecule has 1 unspecified atom stereocenters. The van der Waals surface area contributed by atoms with Crippen molar-refractivity contribution in [3.63, 3.8) is 0 Å². The van der Waals surface area contributed by atoms with E-state index in [1.165, 1.54) is 0 Å². The molecule has 6 heteroatoms. The summed E-state index contributed by atoms with van der Waals surface area (Å²) in [7, 11) is 0. The average Bonchev–Trinajstić information content (AvgIpc) is 3.06. The van der Waals surface area contributed by atoms with Gasteiger partial charge in [-0.25, -0.2) is 4.98 Å². The molecule has 0 saturated heterocycles. The number of aromatic nitrogens is 2. The van der Waals surface area contributed by atoms with Crippen LogP contribution in [0.2, 0.25) is 0 Å². The van der Waals surface area contributed by atoms with Crippen molar-refractivity contribution in [1.29, 1.82) is 0 Å². The SMILES string of the molecule is CCCCCC(=O)OCC(OC(=O)CCCCC)c1ncc[nH]1. The molecule has 130 valence electrons. The van der Waals surface area contributed by atoms with Crippen LogP contribution in [0.25, 0.3) is 0 Å². The molecule has 0 spiro atoms. The van der Waals surface area contributed by atoms with Gasteiger partial charge in [-0.15, -0.1) is 0 Å². The number of carbonyl (C=O) groups excluding carboxylic acids is 2. The molecule has 6 nitrogen and oxygen atoms in total. The first-order valence-electron chi connectivity index (χ1n) is 8.51. The van der Waals surface area contributed by atoms with Crippen molar-refractivity contribution in [3.05, 3.63) is 18.2 Å². The summed E-state index contributed by atoms with van der Waals surface area (Å²) in [4.78, 5) is 30.6. The highest BCUT2D eigenvalue weighted by Crippen LogP contribution is 2.16.